The van der Waals surface area contributed by atoms with Crippen LogP contribution in [0.15, 0.2) is 95.2 Å². The molecule has 0 aliphatic carbocycles. The SMILES string of the molecule is O=C(NC(=O)c1ccc(N=Nc2ccccc2)cc1)Nc1ccccc1. The first-order valence-electron chi connectivity index (χ1n) is 7.95. The molecule has 0 saturated heterocycles. The van der Waals surface area contributed by atoms with E-state index < -0.39 is 11.9 Å². The second kappa shape index (κ2) is 8.34. The van der Waals surface area contributed by atoms with Crippen molar-refractivity contribution < 1.29 is 9.59 Å². The number of amides is 3. The lowest BCUT2D eigenvalue weighted by atomic mass is 10.2. The largest absolute Gasteiger partial charge is 0.326 e. The second-order valence-corrected chi connectivity index (χ2v) is 5.36. The molecule has 2 N–H and O–H groups in total. The maximum atomic E-state index is 12.1. The van der Waals surface area contributed by atoms with Crippen LogP contribution in [0.25, 0.3) is 0 Å². The van der Waals surface area contributed by atoms with Crippen LogP contribution in [0.5, 0.6) is 0 Å². The van der Waals surface area contributed by atoms with Crippen molar-refractivity contribution in [3.05, 3.63) is 90.5 Å². The molecular formula is C20H16N4O2. The van der Waals surface area contributed by atoms with Crippen molar-refractivity contribution in [2.75, 3.05) is 5.32 Å². The van der Waals surface area contributed by atoms with Gasteiger partial charge in [0.1, 0.15) is 0 Å². The van der Waals surface area contributed by atoms with Crippen LogP contribution < -0.4 is 10.6 Å². The first-order valence-corrected chi connectivity index (χ1v) is 7.95. The smallest absolute Gasteiger partial charge is 0.308 e. The Labute approximate surface area is 150 Å². The third-order valence-electron chi connectivity index (χ3n) is 3.43. The van der Waals surface area contributed by atoms with Crippen molar-refractivity contribution in [2.45, 2.75) is 0 Å². The molecule has 128 valence electrons. The summed E-state index contributed by atoms with van der Waals surface area (Å²) < 4.78 is 0. The number of carbonyl (C=O) groups is 2. The Bertz CT molecular complexity index is 908. The molecule has 0 unspecified atom stereocenters. The molecule has 0 atom stereocenters. The van der Waals surface area contributed by atoms with Crippen molar-refractivity contribution in [1.29, 1.82) is 0 Å². The van der Waals surface area contributed by atoms with E-state index in [0.29, 0.717) is 16.9 Å². The molecule has 6 heteroatoms. The van der Waals surface area contributed by atoms with E-state index in [4.69, 9.17) is 0 Å². The Morgan fingerprint density at radius 1 is 0.654 bits per heavy atom. The highest BCUT2D eigenvalue weighted by Crippen LogP contribution is 2.18. The number of nitrogens with one attached hydrogen (secondary N) is 2. The lowest BCUT2D eigenvalue weighted by Crippen LogP contribution is -2.34. The number of anilines is 1. The highest BCUT2D eigenvalue weighted by Gasteiger charge is 2.10. The summed E-state index contributed by atoms with van der Waals surface area (Å²) in [6, 6.07) is 24.1. The molecule has 26 heavy (non-hydrogen) atoms. The molecule has 3 aromatic carbocycles. The number of rotatable bonds is 4. The van der Waals surface area contributed by atoms with Crippen LogP contribution in [0.1, 0.15) is 10.4 Å². The van der Waals surface area contributed by atoms with Crippen LogP contribution in [0.4, 0.5) is 21.9 Å². The molecule has 3 rings (SSSR count). The first-order chi connectivity index (χ1) is 12.7. The monoisotopic (exact) mass is 344 g/mol. The van der Waals surface area contributed by atoms with E-state index in [1.54, 1.807) is 48.5 Å². The van der Waals surface area contributed by atoms with Crippen LogP contribution in [0.3, 0.4) is 0 Å². The van der Waals surface area contributed by atoms with Crippen molar-refractivity contribution in [3.8, 4) is 0 Å². The number of imide groups is 1. The summed E-state index contributed by atoms with van der Waals surface area (Å²) in [6.45, 7) is 0. The Hall–Kier alpha value is -3.80. The topological polar surface area (TPSA) is 82.9 Å². The fraction of sp³-hybridized carbons (Fsp3) is 0. The predicted octanol–water partition coefficient (Wildman–Crippen LogP) is 5.06. The van der Waals surface area contributed by atoms with Crippen molar-refractivity contribution >= 4 is 29.0 Å². The number of hydrogen-bond donors (Lipinski definition) is 2. The van der Waals surface area contributed by atoms with E-state index >= 15 is 0 Å². The van der Waals surface area contributed by atoms with Gasteiger partial charge in [-0.3, -0.25) is 10.1 Å². The van der Waals surface area contributed by atoms with Gasteiger partial charge in [-0.05, 0) is 48.5 Å². The van der Waals surface area contributed by atoms with E-state index in [2.05, 4.69) is 20.9 Å². The minimum absolute atomic E-state index is 0.354. The number of nitrogens with zero attached hydrogens (tertiary/aromatic N) is 2. The Balaban J connectivity index is 1.58. The van der Waals surface area contributed by atoms with Crippen molar-refractivity contribution in [1.82, 2.24) is 5.32 Å². The molecule has 3 aromatic rings. The van der Waals surface area contributed by atoms with Gasteiger partial charge in [0.2, 0.25) is 0 Å². The molecule has 0 saturated carbocycles. The second-order valence-electron chi connectivity index (χ2n) is 5.36. The predicted molar refractivity (Wildman–Crippen MR) is 100.0 cm³/mol. The quantitative estimate of drug-likeness (QED) is 0.648. The highest BCUT2D eigenvalue weighted by atomic mass is 16.2. The number of benzene rings is 3. The third-order valence-corrected chi connectivity index (χ3v) is 3.43. The van der Waals surface area contributed by atoms with Gasteiger partial charge in [-0.15, -0.1) is 0 Å². The average molecular weight is 344 g/mol. The van der Waals surface area contributed by atoms with Gasteiger partial charge in [0.05, 0.1) is 11.4 Å². The normalized spacial score (nSPS) is 10.5. The van der Waals surface area contributed by atoms with Crippen LogP contribution in [0, 0.1) is 0 Å². The van der Waals surface area contributed by atoms with Gasteiger partial charge in [0, 0.05) is 11.3 Å². The number of hydrogen-bond acceptors (Lipinski definition) is 4. The van der Waals surface area contributed by atoms with Gasteiger partial charge in [0.25, 0.3) is 5.91 Å². The summed E-state index contributed by atoms with van der Waals surface area (Å²) in [5.41, 5.74) is 2.31. The third kappa shape index (κ3) is 4.85. The zero-order valence-electron chi connectivity index (χ0n) is 13.8. The van der Waals surface area contributed by atoms with Crippen molar-refractivity contribution in [2.24, 2.45) is 10.2 Å². The van der Waals surface area contributed by atoms with E-state index in [-0.39, 0.29) is 0 Å². The summed E-state index contributed by atoms with van der Waals surface area (Å²) in [5, 5.41) is 13.1. The van der Waals surface area contributed by atoms with Crippen LogP contribution in [-0.2, 0) is 0 Å². The molecule has 0 aromatic heterocycles. The highest BCUT2D eigenvalue weighted by molar-refractivity contribution is 6.08. The fourth-order valence-electron chi connectivity index (χ4n) is 2.15. The van der Waals surface area contributed by atoms with E-state index in [0.717, 1.165) is 5.69 Å². The zero-order chi connectivity index (χ0) is 18.2. The summed E-state index contributed by atoms with van der Waals surface area (Å²) >= 11 is 0. The van der Waals surface area contributed by atoms with Gasteiger partial charge >= 0.3 is 6.03 Å². The molecule has 0 bridgehead atoms. The molecule has 0 heterocycles. The van der Waals surface area contributed by atoms with E-state index in [1.165, 1.54) is 0 Å². The van der Waals surface area contributed by atoms with Crippen LogP contribution in [0.2, 0.25) is 0 Å². The summed E-state index contributed by atoms with van der Waals surface area (Å²) in [5.74, 6) is -0.495. The van der Waals surface area contributed by atoms with Gasteiger partial charge in [-0.25, -0.2) is 4.79 Å². The number of urea groups is 1. The Morgan fingerprint density at radius 2 is 1.19 bits per heavy atom. The van der Waals surface area contributed by atoms with Crippen molar-refractivity contribution in [3.63, 3.8) is 0 Å². The minimum Gasteiger partial charge on any atom is -0.308 e. The minimum atomic E-state index is -0.589. The van der Waals surface area contributed by atoms with Gasteiger partial charge < -0.3 is 5.32 Å². The average Bonchev–Trinajstić information content (AvgIpc) is 2.68. The molecule has 0 fully saturated rings. The number of azo groups is 1. The molecule has 0 aliphatic rings. The maximum absolute atomic E-state index is 12.1. The lowest BCUT2D eigenvalue weighted by Gasteiger charge is -2.06. The van der Waals surface area contributed by atoms with Crippen LogP contribution >= 0.6 is 0 Å². The van der Waals surface area contributed by atoms with Gasteiger partial charge in [0.15, 0.2) is 0 Å². The Morgan fingerprint density at radius 3 is 1.81 bits per heavy atom. The van der Waals surface area contributed by atoms with Crippen LogP contribution in [-0.4, -0.2) is 11.9 Å². The number of carbonyl (C=O) groups excluding carboxylic acids is 2. The molecule has 3 amide bonds. The maximum Gasteiger partial charge on any atom is 0.326 e. The zero-order valence-corrected chi connectivity index (χ0v) is 13.8. The molecule has 6 nitrogen and oxygen atoms in total. The van der Waals surface area contributed by atoms with Gasteiger partial charge in [-0.2, -0.15) is 10.2 Å². The molecule has 0 aliphatic heterocycles. The van der Waals surface area contributed by atoms with E-state index in [1.807, 2.05) is 36.4 Å². The molecular weight excluding hydrogens is 328 g/mol. The van der Waals surface area contributed by atoms with Gasteiger partial charge in [-0.1, -0.05) is 36.4 Å². The standard InChI is InChI=1S/C20H16N4O2/c25-19(22-20(26)21-16-7-3-1-4-8-16)15-11-13-18(14-12-15)24-23-17-9-5-2-6-10-17/h1-14H,(H2,21,22,25,26). The summed E-state index contributed by atoms with van der Waals surface area (Å²) in [7, 11) is 0. The Kier molecular flexibility index (Phi) is 5.47. The first kappa shape index (κ1) is 17.0. The summed E-state index contributed by atoms with van der Waals surface area (Å²) in [6.07, 6.45) is 0. The molecule has 0 radical (unpaired) electrons. The lowest BCUT2D eigenvalue weighted by molar-refractivity contribution is 0.0967. The fourth-order valence-corrected chi connectivity index (χ4v) is 2.15. The number of para-hydroxylation sites is 1. The van der Waals surface area contributed by atoms with E-state index in [9.17, 15) is 9.59 Å². The molecule has 0 spiro atoms. The summed E-state index contributed by atoms with van der Waals surface area (Å²) in [4.78, 5) is 24.0.